The number of aromatic nitrogens is 1. The van der Waals surface area contributed by atoms with Gasteiger partial charge in [0.25, 0.3) is 5.91 Å². The second kappa shape index (κ2) is 5.75. The number of rotatable bonds is 3. The van der Waals surface area contributed by atoms with Gasteiger partial charge in [-0.05, 0) is 36.6 Å². The van der Waals surface area contributed by atoms with Gasteiger partial charge in [-0.15, -0.1) is 0 Å². The molecule has 1 aliphatic carbocycles. The molecule has 120 valence electrons. The van der Waals surface area contributed by atoms with Crippen LogP contribution in [0.15, 0.2) is 30.5 Å². The van der Waals surface area contributed by atoms with Crippen LogP contribution in [0.2, 0.25) is 0 Å². The van der Waals surface area contributed by atoms with E-state index in [0.717, 1.165) is 11.1 Å². The molecule has 0 saturated carbocycles. The van der Waals surface area contributed by atoms with E-state index >= 15 is 0 Å². The van der Waals surface area contributed by atoms with Crippen LogP contribution in [0.4, 0.5) is 14.9 Å². The molecule has 1 aromatic heterocycles. The second-order valence-corrected chi connectivity index (χ2v) is 5.45. The average Bonchev–Trinajstić information content (AvgIpc) is 2.97. The maximum absolute atomic E-state index is 13.2. The van der Waals surface area contributed by atoms with Gasteiger partial charge in [0.05, 0.1) is 0 Å². The molecular weight excluding hydrogens is 301 g/mol. The summed E-state index contributed by atoms with van der Waals surface area (Å²) in [6.07, 6.45) is 1.70. The Labute approximate surface area is 132 Å². The molecule has 2 amide bonds. The number of aryl methyl sites for hydroxylation is 1. The molecule has 1 unspecified atom stereocenters. The minimum Gasteiger partial charge on any atom is -0.441 e. The molecular formula is C16H16FN3O3. The first-order chi connectivity index (χ1) is 11.0. The molecule has 6 nitrogen and oxygen atoms in total. The largest absolute Gasteiger partial charge is 0.441 e. The Morgan fingerprint density at radius 1 is 1.43 bits per heavy atom. The zero-order chi connectivity index (χ0) is 16.6. The third-order valence-corrected chi connectivity index (χ3v) is 3.88. The topological polar surface area (TPSA) is 86.3 Å². The van der Waals surface area contributed by atoms with E-state index in [0.29, 0.717) is 24.2 Å². The van der Waals surface area contributed by atoms with E-state index in [9.17, 15) is 14.0 Å². The standard InChI is InChI=1S/C16H16FN3O3/c1-20-8-12-11(5-6-13(12)23-16(18)22)14(20)15(21)19-10-4-2-3-9(17)7-10/h2-4,7-8,13H,5-6H2,1H3,(H2,18,22)(H,19,21). The monoisotopic (exact) mass is 317 g/mol. The lowest BCUT2D eigenvalue weighted by molar-refractivity contribution is 0.101. The predicted molar refractivity (Wildman–Crippen MR) is 81.5 cm³/mol. The van der Waals surface area contributed by atoms with Crippen LogP contribution in [0.1, 0.15) is 34.1 Å². The average molecular weight is 317 g/mol. The molecule has 1 atom stereocenters. The Hall–Kier alpha value is -2.83. The summed E-state index contributed by atoms with van der Waals surface area (Å²) in [6.45, 7) is 0. The molecule has 0 bridgehead atoms. The molecule has 0 saturated heterocycles. The number of anilines is 1. The second-order valence-electron chi connectivity index (χ2n) is 5.45. The molecule has 0 fully saturated rings. The highest BCUT2D eigenvalue weighted by molar-refractivity contribution is 6.04. The fourth-order valence-corrected chi connectivity index (χ4v) is 2.99. The molecule has 3 N–H and O–H groups in total. The summed E-state index contributed by atoms with van der Waals surface area (Å²) in [5.74, 6) is -0.756. The number of hydrogen-bond acceptors (Lipinski definition) is 3. The molecule has 2 aromatic rings. The van der Waals surface area contributed by atoms with Crippen molar-refractivity contribution in [2.45, 2.75) is 18.9 Å². The summed E-state index contributed by atoms with van der Waals surface area (Å²) >= 11 is 0. The first-order valence-electron chi connectivity index (χ1n) is 7.17. The van der Waals surface area contributed by atoms with E-state index < -0.39 is 18.0 Å². The number of carbonyl (C=O) groups is 2. The van der Waals surface area contributed by atoms with Gasteiger partial charge in [-0.1, -0.05) is 6.07 Å². The zero-order valence-electron chi connectivity index (χ0n) is 12.5. The highest BCUT2D eigenvalue weighted by Gasteiger charge is 2.32. The Bertz CT molecular complexity index is 785. The minimum atomic E-state index is -0.836. The van der Waals surface area contributed by atoms with Crippen LogP contribution < -0.4 is 11.1 Å². The van der Waals surface area contributed by atoms with E-state index in [2.05, 4.69) is 5.32 Å². The molecule has 23 heavy (non-hydrogen) atoms. The van der Waals surface area contributed by atoms with Gasteiger partial charge in [0, 0.05) is 24.5 Å². The summed E-state index contributed by atoms with van der Waals surface area (Å²) in [4.78, 5) is 23.5. The third-order valence-electron chi connectivity index (χ3n) is 3.88. The van der Waals surface area contributed by atoms with Crippen LogP contribution in [0.5, 0.6) is 0 Å². The van der Waals surface area contributed by atoms with Crippen molar-refractivity contribution in [3.63, 3.8) is 0 Å². The van der Waals surface area contributed by atoms with Crippen LogP contribution in [-0.4, -0.2) is 16.6 Å². The summed E-state index contributed by atoms with van der Waals surface area (Å²) in [7, 11) is 1.74. The summed E-state index contributed by atoms with van der Waals surface area (Å²) in [5, 5.41) is 2.68. The molecule has 7 heteroatoms. The third kappa shape index (κ3) is 2.90. The number of primary amides is 1. The highest BCUT2D eigenvalue weighted by Crippen LogP contribution is 2.37. The fourth-order valence-electron chi connectivity index (χ4n) is 2.99. The number of nitrogens with two attached hydrogens (primary N) is 1. The fraction of sp³-hybridized carbons (Fsp3) is 0.250. The molecule has 3 rings (SSSR count). The van der Waals surface area contributed by atoms with E-state index in [4.69, 9.17) is 10.5 Å². The smallest absolute Gasteiger partial charge is 0.405 e. The van der Waals surface area contributed by atoms with Gasteiger partial charge in [-0.25, -0.2) is 9.18 Å². The summed E-state index contributed by atoms with van der Waals surface area (Å²) < 4.78 is 20.0. The minimum absolute atomic E-state index is 0.334. The quantitative estimate of drug-likeness (QED) is 0.912. The van der Waals surface area contributed by atoms with Crippen molar-refractivity contribution >= 4 is 17.7 Å². The van der Waals surface area contributed by atoms with Crippen molar-refractivity contribution in [2.75, 3.05) is 5.32 Å². The number of benzene rings is 1. The van der Waals surface area contributed by atoms with E-state index in [1.54, 1.807) is 23.9 Å². The number of nitrogens with zero attached hydrogens (tertiary/aromatic N) is 1. The molecule has 0 radical (unpaired) electrons. The van der Waals surface area contributed by atoms with Crippen molar-refractivity contribution in [3.8, 4) is 0 Å². The molecule has 1 aromatic carbocycles. The lowest BCUT2D eigenvalue weighted by Gasteiger charge is -2.09. The van der Waals surface area contributed by atoms with Crippen LogP contribution in [0.25, 0.3) is 0 Å². The van der Waals surface area contributed by atoms with Gasteiger partial charge < -0.3 is 20.4 Å². The Morgan fingerprint density at radius 2 is 2.22 bits per heavy atom. The maximum Gasteiger partial charge on any atom is 0.405 e. The first-order valence-corrected chi connectivity index (χ1v) is 7.17. The predicted octanol–water partition coefficient (Wildman–Crippen LogP) is 2.50. The summed E-state index contributed by atoms with van der Waals surface area (Å²) in [6, 6.07) is 5.70. The van der Waals surface area contributed by atoms with Gasteiger partial charge in [-0.2, -0.15) is 0 Å². The van der Waals surface area contributed by atoms with E-state index in [1.807, 2.05) is 0 Å². The Morgan fingerprint density at radius 3 is 2.91 bits per heavy atom. The zero-order valence-corrected chi connectivity index (χ0v) is 12.5. The number of carbonyl (C=O) groups excluding carboxylic acids is 2. The van der Waals surface area contributed by atoms with Crippen LogP contribution >= 0.6 is 0 Å². The number of ether oxygens (including phenoxy) is 1. The van der Waals surface area contributed by atoms with E-state index in [1.165, 1.54) is 18.2 Å². The highest BCUT2D eigenvalue weighted by atomic mass is 19.1. The van der Waals surface area contributed by atoms with E-state index in [-0.39, 0.29) is 5.91 Å². The Balaban J connectivity index is 1.86. The SMILES string of the molecule is Cn1cc2c(c1C(=O)Nc1cccc(F)c1)CCC2OC(N)=O. The van der Waals surface area contributed by atoms with Crippen molar-refractivity contribution in [1.82, 2.24) is 4.57 Å². The lowest BCUT2D eigenvalue weighted by atomic mass is 10.1. The van der Waals surface area contributed by atoms with Crippen molar-refractivity contribution in [3.05, 3.63) is 53.1 Å². The molecule has 1 aliphatic rings. The molecule has 0 spiro atoms. The first kappa shape index (κ1) is 15.1. The van der Waals surface area contributed by atoms with Gasteiger partial charge in [0.15, 0.2) is 0 Å². The van der Waals surface area contributed by atoms with Crippen LogP contribution in [0, 0.1) is 5.82 Å². The Kier molecular flexibility index (Phi) is 3.77. The number of hydrogen-bond donors (Lipinski definition) is 2. The van der Waals surface area contributed by atoms with Gasteiger partial charge in [-0.3, -0.25) is 4.79 Å². The number of amides is 2. The summed E-state index contributed by atoms with van der Waals surface area (Å²) in [5.41, 5.74) is 7.54. The van der Waals surface area contributed by atoms with Gasteiger partial charge in [0.1, 0.15) is 17.6 Å². The number of halogens is 1. The van der Waals surface area contributed by atoms with Gasteiger partial charge >= 0.3 is 6.09 Å². The maximum atomic E-state index is 13.2. The van der Waals surface area contributed by atoms with Crippen LogP contribution in [-0.2, 0) is 18.2 Å². The van der Waals surface area contributed by atoms with Gasteiger partial charge in [0.2, 0.25) is 0 Å². The van der Waals surface area contributed by atoms with Crippen molar-refractivity contribution in [2.24, 2.45) is 12.8 Å². The number of nitrogens with one attached hydrogen (secondary N) is 1. The molecule has 1 heterocycles. The van der Waals surface area contributed by atoms with Crippen LogP contribution in [0.3, 0.4) is 0 Å². The van der Waals surface area contributed by atoms with Crippen molar-refractivity contribution in [1.29, 1.82) is 0 Å². The normalized spacial score (nSPS) is 16.0. The molecule has 0 aliphatic heterocycles. The van der Waals surface area contributed by atoms with Crippen molar-refractivity contribution < 1.29 is 18.7 Å². The lowest BCUT2D eigenvalue weighted by Crippen LogP contribution is -2.17. The number of fused-ring (bicyclic) bond motifs is 1.